The molecule has 6 nitrogen and oxygen atoms in total. The van der Waals surface area contributed by atoms with Crippen molar-refractivity contribution in [3.63, 3.8) is 0 Å². The van der Waals surface area contributed by atoms with Gasteiger partial charge in [-0.25, -0.2) is 9.97 Å². The van der Waals surface area contributed by atoms with Gasteiger partial charge in [0.1, 0.15) is 12.1 Å². The summed E-state index contributed by atoms with van der Waals surface area (Å²) >= 11 is 0. The van der Waals surface area contributed by atoms with E-state index in [0.29, 0.717) is 0 Å². The summed E-state index contributed by atoms with van der Waals surface area (Å²) in [5, 5.41) is 11.8. The summed E-state index contributed by atoms with van der Waals surface area (Å²) in [6.45, 7) is 3.85. The van der Waals surface area contributed by atoms with Crippen LogP contribution in [0, 0.1) is 0 Å². The summed E-state index contributed by atoms with van der Waals surface area (Å²) in [5.74, 6) is 0.967. The Balaban J connectivity index is 1.89. The summed E-state index contributed by atoms with van der Waals surface area (Å²) in [6.07, 6.45) is 1.59. The normalized spacial score (nSPS) is 15.5. The van der Waals surface area contributed by atoms with E-state index in [9.17, 15) is 0 Å². The Bertz CT molecular complexity index is 745. The number of benzene rings is 1. The quantitative estimate of drug-likeness (QED) is 0.743. The maximum Gasteiger partial charge on any atom is 0.186 e. The minimum atomic E-state index is 0.720. The van der Waals surface area contributed by atoms with Crippen molar-refractivity contribution in [3.05, 3.63) is 36.7 Å². The summed E-state index contributed by atoms with van der Waals surface area (Å²) in [6, 6.07) is 10.2. The molecule has 2 aromatic heterocycles. The summed E-state index contributed by atoms with van der Waals surface area (Å²) in [7, 11) is 0. The Morgan fingerprint density at radius 1 is 1.00 bits per heavy atom. The fourth-order valence-corrected chi connectivity index (χ4v) is 2.77. The number of nitrogens with one attached hydrogen (secondary N) is 2. The Kier molecular flexibility index (Phi) is 3.01. The van der Waals surface area contributed by atoms with Crippen LogP contribution in [0.25, 0.3) is 22.3 Å². The Morgan fingerprint density at radius 3 is 2.62 bits per heavy atom. The van der Waals surface area contributed by atoms with Gasteiger partial charge >= 0.3 is 0 Å². The largest absolute Gasteiger partial charge is 0.353 e. The van der Waals surface area contributed by atoms with Gasteiger partial charge in [0.05, 0.1) is 11.1 Å². The SMILES string of the molecule is c1ccc(-c2[nH]nc3ncnc(N4CCNCC4)c23)cc1. The summed E-state index contributed by atoms with van der Waals surface area (Å²) in [5.41, 5.74) is 2.81. The number of rotatable bonds is 2. The number of piperazine rings is 1. The zero-order chi connectivity index (χ0) is 14.1. The van der Waals surface area contributed by atoms with Gasteiger partial charge in [-0.1, -0.05) is 30.3 Å². The Morgan fingerprint density at radius 2 is 1.81 bits per heavy atom. The van der Waals surface area contributed by atoms with Crippen LogP contribution in [0.5, 0.6) is 0 Å². The maximum absolute atomic E-state index is 4.52. The number of hydrogen-bond acceptors (Lipinski definition) is 5. The number of H-pyrrole nitrogens is 1. The molecule has 0 bridgehead atoms. The molecule has 106 valence electrons. The first kappa shape index (κ1) is 12.3. The van der Waals surface area contributed by atoms with Gasteiger partial charge < -0.3 is 10.2 Å². The summed E-state index contributed by atoms with van der Waals surface area (Å²) in [4.78, 5) is 11.1. The number of nitrogens with zero attached hydrogens (tertiary/aromatic N) is 4. The van der Waals surface area contributed by atoms with E-state index in [1.165, 1.54) is 0 Å². The summed E-state index contributed by atoms with van der Waals surface area (Å²) < 4.78 is 0. The molecule has 6 heteroatoms. The van der Waals surface area contributed by atoms with Crippen LogP contribution in [0.4, 0.5) is 5.82 Å². The van der Waals surface area contributed by atoms with Crippen molar-refractivity contribution < 1.29 is 0 Å². The molecular weight excluding hydrogens is 264 g/mol. The standard InChI is InChI=1S/C15H16N6/c1-2-4-11(5-3-1)13-12-14(20-19-13)17-10-18-15(12)21-8-6-16-7-9-21/h1-5,10,16H,6-9H2,(H,17,18,19,20). The third-order valence-corrected chi connectivity index (χ3v) is 3.81. The molecule has 3 heterocycles. The highest BCUT2D eigenvalue weighted by atomic mass is 15.3. The molecule has 0 radical (unpaired) electrons. The molecule has 1 fully saturated rings. The van der Waals surface area contributed by atoms with Gasteiger partial charge in [0, 0.05) is 31.7 Å². The number of aromatic amines is 1. The van der Waals surface area contributed by atoms with Crippen LogP contribution in [0.15, 0.2) is 36.7 Å². The second-order valence-corrected chi connectivity index (χ2v) is 5.10. The van der Waals surface area contributed by atoms with E-state index < -0.39 is 0 Å². The molecule has 4 rings (SSSR count). The van der Waals surface area contributed by atoms with Gasteiger partial charge in [-0.2, -0.15) is 5.10 Å². The highest BCUT2D eigenvalue weighted by Gasteiger charge is 2.19. The highest BCUT2D eigenvalue weighted by molar-refractivity contribution is 5.98. The monoisotopic (exact) mass is 280 g/mol. The van der Waals surface area contributed by atoms with Crippen LogP contribution < -0.4 is 10.2 Å². The zero-order valence-corrected chi connectivity index (χ0v) is 11.6. The van der Waals surface area contributed by atoms with Crippen molar-refractivity contribution >= 4 is 16.9 Å². The molecule has 1 aliphatic heterocycles. The van der Waals surface area contributed by atoms with E-state index >= 15 is 0 Å². The molecule has 1 aliphatic rings. The number of anilines is 1. The fourth-order valence-electron chi connectivity index (χ4n) is 2.77. The smallest absolute Gasteiger partial charge is 0.186 e. The molecule has 0 unspecified atom stereocenters. The average Bonchev–Trinajstić information content (AvgIpc) is 3.00. The van der Waals surface area contributed by atoms with E-state index in [1.54, 1.807) is 6.33 Å². The lowest BCUT2D eigenvalue weighted by Gasteiger charge is -2.28. The third kappa shape index (κ3) is 2.13. The lowest BCUT2D eigenvalue weighted by atomic mass is 10.1. The minimum Gasteiger partial charge on any atom is -0.353 e. The van der Waals surface area contributed by atoms with Gasteiger partial charge in [0.2, 0.25) is 0 Å². The van der Waals surface area contributed by atoms with Gasteiger partial charge in [-0.15, -0.1) is 0 Å². The fraction of sp³-hybridized carbons (Fsp3) is 0.267. The van der Waals surface area contributed by atoms with Crippen LogP contribution in [-0.2, 0) is 0 Å². The van der Waals surface area contributed by atoms with Crippen molar-refractivity contribution in [2.45, 2.75) is 0 Å². The predicted molar refractivity (Wildman–Crippen MR) is 82.2 cm³/mol. The van der Waals surface area contributed by atoms with E-state index in [0.717, 1.165) is 54.3 Å². The molecule has 3 aromatic rings. The van der Waals surface area contributed by atoms with Gasteiger partial charge in [0.25, 0.3) is 0 Å². The lowest BCUT2D eigenvalue weighted by molar-refractivity contribution is 0.586. The van der Waals surface area contributed by atoms with E-state index in [1.807, 2.05) is 18.2 Å². The number of hydrogen-bond donors (Lipinski definition) is 2. The van der Waals surface area contributed by atoms with Gasteiger partial charge in [-0.3, -0.25) is 5.10 Å². The van der Waals surface area contributed by atoms with Crippen LogP contribution in [0.2, 0.25) is 0 Å². The van der Waals surface area contributed by atoms with E-state index in [2.05, 4.69) is 42.5 Å². The van der Waals surface area contributed by atoms with Crippen molar-refractivity contribution in [2.75, 3.05) is 31.1 Å². The predicted octanol–water partition coefficient (Wildman–Crippen LogP) is 1.43. The van der Waals surface area contributed by atoms with Crippen LogP contribution >= 0.6 is 0 Å². The second kappa shape index (κ2) is 5.14. The van der Waals surface area contributed by atoms with Crippen molar-refractivity contribution in [1.29, 1.82) is 0 Å². The molecule has 0 atom stereocenters. The minimum absolute atomic E-state index is 0.720. The topological polar surface area (TPSA) is 69.7 Å². The zero-order valence-electron chi connectivity index (χ0n) is 11.6. The molecule has 1 saturated heterocycles. The van der Waals surface area contributed by atoms with Crippen molar-refractivity contribution in [3.8, 4) is 11.3 Å². The molecule has 0 aliphatic carbocycles. The van der Waals surface area contributed by atoms with Crippen LogP contribution in [-0.4, -0.2) is 46.3 Å². The lowest BCUT2D eigenvalue weighted by Crippen LogP contribution is -2.44. The first-order valence-corrected chi connectivity index (χ1v) is 7.13. The maximum atomic E-state index is 4.52. The molecule has 0 amide bonds. The van der Waals surface area contributed by atoms with E-state index in [-0.39, 0.29) is 0 Å². The molecular formula is C15H16N6. The van der Waals surface area contributed by atoms with Crippen LogP contribution in [0.1, 0.15) is 0 Å². The van der Waals surface area contributed by atoms with Crippen molar-refractivity contribution in [1.82, 2.24) is 25.5 Å². The Labute approximate surface area is 122 Å². The highest BCUT2D eigenvalue weighted by Crippen LogP contribution is 2.31. The molecule has 2 N–H and O–H groups in total. The molecule has 1 aromatic carbocycles. The number of aromatic nitrogens is 4. The number of fused-ring (bicyclic) bond motifs is 1. The average molecular weight is 280 g/mol. The first-order chi connectivity index (χ1) is 10.4. The second-order valence-electron chi connectivity index (χ2n) is 5.10. The third-order valence-electron chi connectivity index (χ3n) is 3.81. The first-order valence-electron chi connectivity index (χ1n) is 7.13. The van der Waals surface area contributed by atoms with Gasteiger partial charge in [0.15, 0.2) is 5.65 Å². The van der Waals surface area contributed by atoms with Crippen LogP contribution in [0.3, 0.4) is 0 Å². The molecule has 21 heavy (non-hydrogen) atoms. The van der Waals surface area contributed by atoms with Gasteiger partial charge in [-0.05, 0) is 0 Å². The molecule has 0 saturated carbocycles. The van der Waals surface area contributed by atoms with Crippen molar-refractivity contribution in [2.24, 2.45) is 0 Å². The Hall–Kier alpha value is -2.47. The van der Waals surface area contributed by atoms with E-state index in [4.69, 9.17) is 0 Å². The molecule has 0 spiro atoms.